The molecule has 0 aliphatic carbocycles. The van der Waals surface area contributed by atoms with E-state index in [9.17, 15) is 22.0 Å². The highest BCUT2D eigenvalue weighted by Crippen LogP contribution is 2.46. The molecular formula is C23H22F2N4O4S2. The number of ether oxygens (including phenoxy) is 1. The molecule has 2 aromatic carbocycles. The number of nitrogens with zero attached hydrogens (tertiary/aromatic N) is 3. The second-order valence-electron chi connectivity index (χ2n) is 8.38. The zero-order chi connectivity index (χ0) is 25.0. The van der Waals surface area contributed by atoms with Gasteiger partial charge in [-0.05, 0) is 42.7 Å². The quantitative estimate of drug-likeness (QED) is 0.546. The average Bonchev–Trinajstić information content (AvgIpc) is 3.21. The molecular weight excluding hydrogens is 498 g/mol. The van der Waals surface area contributed by atoms with Gasteiger partial charge in [0.05, 0.1) is 24.3 Å². The Hall–Kier alpha value is -3.09. The van der Waals surface area contributed by atoms with Crippen molar-refractivity contribution in [1.29, 1.82) is 0 Å². The molecule has 8 nitrogen and oxygen atoms in total. The molecule has 1 saturated heterocycles. The van der Waals surface area contributed by atoms with Crippen LogP contribution in [0, 0.1) is 6.92 Å². The summed E-state index contributed by atoms with van der Waals surface area (Å²) in [6, 6.07) is 11.3. The number of fused-ring (bicyclic) bond motifs is 1. The van der Waals surface area contributed by atoms with Crippen LogP contribution in [-0.2, 0) is 15.9 Å². The molecule has 1 aromatic heterocycles. The van der Waals surface area contributed by atoms with Gasteiger partial charge in [0, 0.05) is 18.8 Å². The zero-order valence-corrected chi connectivity index (χ0v) is 20.3. The Kier molecular flexibility index (Phi) is 5.77. The Balaban J connectivity index is 1.43. The SMILES string of the molecule is Cc1nc(N2CCCN(c3ccc(-c4cccc5c4C(F)(F)CCO5)cc3)C2=O)sc1S(N)(=O)=O. The van der Waals surface area contributed by atoms with Crippen molar-refractivity contribution < 1.29 is 26.7 Å². The molecule has 3 aromatic rings. The van der Waals surface area contributed by atoms with E-state index < -0.39 is 15.9 Å². The standard InChI is InChI=1S/C23H22F2N4O4S2/c1-14-20(35(26,31)32)34-21(27-14)29-12-3-11-28(22(29)30)16-8-6-15(7-9-16)17-4-2-5-18-19(17)23(24,25)10-13-33-18/h2,4-9H,3,10-13H2,1H3,(H2,26,31,32). The number of halogens is 2. The fourth-order valence-corrected chi connectivity index (χ4v) is 6.36. The second kappa shape index (κ2) is 8.54. The Morgan fingerprint density at radius 2 is 1.83 bits per heavy atom. The Morgan fingerprint density at radius 1 is 1.11 bits per heavy atom. The highest BCUT2D eigenvalue weighted by atomic mass is 32.2. The number of sulfonamides is 1. The van der Waals surface area contributed by atoms with Crippen molar-refractivity contribution in [2.24, 2.45) is 5.14 Å². The molecule has 2 amide bonds. The molecule has 12 heteroatoms. The fraction of sp³-hybridized carbons (Fsp3) is 0.304. The van der Waals surface area contributed by atoms with Crippen LogP contribution in [0.25, 0.3) is 11.1 Å². The molecule has 0 bridgehead atoms. The lowest BCUT2D eigenvalue weighted by atomic mass is 9.92. The van der Waals surface area contributed by atoms with E-state index >= 15 is 0 Å². The molecule has 35 heavy (non-hydrogen) atoms. The highest BCUT2D eigenvalue weighted by Gasteiger charge is 2.40. The minimum Gasteiger partial charge on any atom is -0.493 e. The molecule has 0 radical (unpaired) electrons. The van der Waals surface area contributed by atoms with Crippen molar-refractivity contribution in [3.05, 3.63) is 53.7 Å². The van der Waals surface area contributed by atoms with Gasteiger partial charge in [-0.3, -0.25) is 9.80 Å². The number of urea groups is 1. The van der Waals surface area contributed by atoms with Crippen LogP contribution in [0.3, 0.4) is 0 Å². The second-order valence-corrected chi connectivity index (χ2v) is 11.1. The Morgan fingerprint density at radius 3 is 2.51 bits per heavy atom. The van der Waals surface area contributed by atoms with Crippen molar-refractivity contribution in [3.63, 3.8) is 0 Å². The monoisotopic (exact) mass is 520 g/mol. The molecule has 184 valence electrons. The van der Waals surface area contributed by atoms with Gasteiger partial charge < -0.3 is 4.74 Å². The summed E-state index contributed by atoms with van der Waals surface area (Å²) in [6.45, 7) is 2.33. The van der Waals surface area contributed by atoms with Crippen molar-refractivity contribution >= 4 is 38.2 Å². The number of primary sulfonamides is 1. The van der Waals surface area contributed by atoms with E-state index in [0.29, 0.717) is 36.3 Å². The van der Waals surface area contributed by atoms with Crippen LogP contribution in [-0.4, -0.2) is 39.1 Å². The number of nitrogens with two attached hydrogens (primary N) is 1. The van der Waals surface area contributed by atoms with Gasteiger partial charge in [0.1, 0.15) is 5.75 Å². The van der Waals surface area contributed by atoms with E-state index in [-0.39, 0.29) is 45.4 Å². The number of carbonyl (C=O) groups is 1. The van der Waals surface area contributed by atoms with Crippen LogP contribution >= 0.6 is 11.3 Å². The number of thiazole rings is 1. The van der Waals surface area contributed by atoms with E-state index in [0.717, 1.165) is 11.3 Å². The van der Waals surface area contributed by atoms with E-state index in [1.54, 1.807) is 47.4 Å². The van der Waals surface area contributed by atoms with Crippen LogP contribution < -0.4 is 19.7 Å². The number of aryl methyl sites for hydroxylation is 1. The number of aromatic nitrogens is 1. The summed E-state index contributed by atoms with van der Waals surface area (Å²) in [5.74, 6) is -2.81. The summed E-state index contributed by atoms with van der Waals surface area (Å²) in [6.07, 6.45) is 0.253. The van der Waals surface area contributed by atoms with Gasteiger partial charge in [-0.1, -0.05) is 35.6 Å². The topological polar surface area (TPSA) is 106 Å². The van der Waals surface area contributed by atoms with Crippen molar-refractivity contribution in [2.75, 3.05) is 29.5 Å². The number of carbonyl (C=O) groups excluding carboxylic acids is 1. The molecule has 5 rings (SSSR count). The van der Waals surface area contributed by atoms with Crippen LogP contribution in [0.4, 0.5) is 24.4 Å². The smallest absolute Gasteiger partial charge is 0.330 e. The van der Waals surface area contributed by atoms with E-state index in [2.05, 4.69) is 4.98 Å². The molecule has 0 spiro atoms. The maximum atomic E-state index is 14.7. The largest absolute Gasteiger partial charge is 0.493 e. The summed E-state index contributed by atoms with van der Waals surface area (Å²) < 4.78 is 58.3. The first-order chi connectivity index (χ1) is 16.6. The average molecular weight is 521 g/mol. The van der Waals surface area contributed by atoms with Gasteiger partial charge in [-0.15, -0.1) is 0 Å². The predicted octanol–water partition coefficient (Wildman–Crippen LogP) is 4.48. The van der Waals surface area contributed by atoms with Crippen molar-refractivity contribution in [2.45, 2.75) is 29.9 Å². The first-order valence-electron chi connectivity index (χ1n) is 10.9. The Labute approximate surface area is 205 Å². The maximum absolute atomic E-state index is 14.7. The predicted molar refractivity (Wildman–Crippen MR) is 129 cm³/mol. The summed E-state index contributed by atoms with van der Waals surface area (Å²) in [5.41, 5.74) is 1.69. The van der Waals surface area contributed by atoms with Crippen LogP contribution in [0.5, 0.6) is 5.75 Å². The zero-order valence-electron chi connectivity index (χ0n) is 18.7. The van der Waals surface area contributed by atoms with Gasteiger partial charge in [-0.2, -0.15) is 0 Å². The third-order valence-corrected chi connectivity index (χ3v) is 8.75. The van der Waals surface area contributed by atoms with E-state index in [1.165, 1.54) is 11.8 Å². The summed E-state index contributed by atoms with van der Waals surface area (Å²) in [4.78, 5) is 20.5. The van der Waals surface area contributed by atoms with E-state index in [4.69, 9.17) is 9.88 Å². The molecule has 2 N–H and O–H groups in total. The summed E-state index contributed by atoms with van der Waals surface area (Å²) >= 11 is 0.858. The van der Waals surface area contributed by atoms with Crippen LogP contribution in [0.15, 0.2) is 46.7 Å². The third-order valence-electron chi connectivity index (χ3n) is 6.01. The number of alkyl halides is 2. The number of benzene rings is 2. The number of amides is 2. The molecule has 1 fully saturated rings. The van der Waals surface area contributed by atoms with Gasteiger partial charge >= 0.3 is 6.03 Å². The van der Waals surface area contributed by atoms with Gasteiger partial charge in [0.25, 0.3) is 5.92 Å². The third kappa shape index (κ3) is 4.26. The Bertz CT molecular complexity index is 1410. The minimum absolute atomic E-state index is 0.0344. The van der Waals surface area contributed by atoms with Gasteiger partial charge in [0.2, 0.25) is 10.0 Å². The number of anilines is 2. The van der Waals surface area contributed by atoms with Crippen LogP contribution in [0.2, 0.25) is 0 Å². The maximum Gasteiger partial charge on any atom is 0.330 e. The summed E-state index contributed by atoms with van der Waals surface area (Å²) in [5, 5.41) is 5.51. The minimum atomic E-state index is -3.94. The van der Waals surface area contributed by atoms with Crippen molar-refractivity contribution in [3.8, 4) is 16.9 Å². The molecule has 3 heterocycles. The number of rotatable bonds is 4. The first kappa shape index (κ1) is 23.6. The van der Waals surface area contributed by atoms with Gasteiger partial charge in [0.15, 0.2) is 9.34 Å². The van der Waals surface area contributed by atoms with Gasteiger partial charge in [-0.25, -0.2) is 32.1 Å². The molecule has 0 atom stereocenters. The normalized spacial score (nSPS) is 17.8. The van der Waals surface area contributed by atoms with E-state index in [1.807, 2.05) is 0 Å². The number of hydrogen-bond donors (Lipinski definition) is 1. The fourth-order valence-electron chi connectivity index (χ4n) is 4.39. The highest BCUT2D eigenvalue weighted by molar-refractivity contribution is 7.91. The lowest BCUT2D eigenvalue weighted by Gasteiger charge is -2.34. The van der Waals surface area contributed by atoms with Crippen LogP contribution in [0.1, 0.15) is 24.1 Å². The number of hydrogen-bond acceptors (Lipinski definition) is 6. The molecule has 2 aliphatic heterocycles. The lowest BCUT2D eigenvalue weighted by Crippen LogP contribution is -2.49. The first-order valence-corrected chi connectivity index (χ1v) is 13.3. The lowest BCUT2D eigenvalue weighted by molar-refractivity contribution is -0.0398. The molecule has 0 saturated carbocycles. The van der Waals surface area contributed by atoms with Crippen molar-refractivity contribution in [1.82, 2.24) is 4.98 Å². The molecule has 0 unspecified atom stereocenters. The molecule has 2 aliphatic rings. The summed E-state index contributed by atoms with van der Waals surface area (Å²) in [7, 11) is -3.94.